The molecule has 1 fully saturated rings. The molecule has 0 bridgehead atoms. The van der Waals surface area contributed by atoms with Crippen molar-refractivity contribution < 1.29 is 19.2 Å². The van der Waals surface area contributed by atoms with Crippen LogP contribution in [0.25, 0.3) is 11.0 Å². The van der Waals surface area contributed by atoms with E-state index in [2.05, 4.69) is 0 Å². The maximum absolute atomic E-state index is 11.5. The summed E-state index contributed by atoms with van der Waals surface area (Å²) < 4.78 is 10.9. The zero-order chi connectivity index (χ0) is 16.9. The summed E-state index contributed by atoms with van der Waals surface area (Å²) in [6.45, 7) is 5.13. The van der Waals surface area contributed by atoms with Gasteiger partial charge in [0.05, 0.1) is 13.1 Å². The van der Waals surface area contributed by atoms with Gasteiger partial charge in [0.2, 0.25) is 0 Å². The summed E-state index contributed by atoms with van der Waals surface area (Å²) in [7, 11) is 0. The normalized spacial score (nSPS) is 17.6. The number of hydrogen-bond donors (Lipinski definition) is 2. The Labute approximate surface area is 141 Å². The summed E-state index contributed by atoms with van der Waals surface area (Å²) >= 11 is 0. The Kier molecular flexibility index (Phi) is 5.53. The van der Waals surface area contributed by atoms with E-state index in [9.17, 15) is 9.90 Å². The Balaban J connectivity index is 1.59. The van der Waals surface area contributed by atoms with E-state index in [1.165, 1.54) is 36.6 Å². The number of rotatable bonds is 5. The minimum absolute atomic E-state index is 0.255. The number of fused-ring (bicyclic) bond motifs is 1. The van der Waals surface area contributed by atoms with Gasteiger partial charge < -0.3 is 19.2 Å². The van der Waals surface area contributed by atoms with Crippen molar-refractivity contribution in [2.45, 2.75) is 38.7 Å². The van der Waals surface area contributed by atoms with Crippen LogP contribution < -0.4 is 15.3 Å². The van der Waals surface area contributed by atoms with E-state index in [4.69, 9.17) is 9.15 Å². The molecular formula is C19H26NO4+. The first-order valence-corrected chi connectivity index (χ1v) is 8.81. The van der Waals surface area contributed by atoms with Crippen molar-refractivity contribution >= 4 is 11.0 Å². The highest BCUT2D eigenvalue weighted by atomic mass is 16.5. The van der Waals surface area contributed by atoms with Crippen LogP contribution in [0.2, 0.25) is 0 Å². The lowest BCUT2D eigenvalue weighted by molar-refractivity contribution is -0.902. The molecule has 24 heavy (non-hydrogen) atoms. The first kappa shape index (κ1) is 17.0. The van der Waals surface area contributed by atoms with Gasteiger partial charge in [-0.15, -0.1) is 0 Å². The fourth-order valence-electron chi connectivity index (χ4n) is 3.41. The third-order valence-electron chi connectivity index (χ3n) is 4.70. The van der Waals surface area contributed by atoms with Crippen LogP contribution in [0.5, 0.6) is 5.75 Å². The number of benzene rings is 1. The fraction of sp³-hybridized carbons (Fsp3) is 0.526. The van der Waals surface area contributed by atoms with E-state index in [1.54, 1.807) is 6.07 Å². The number of aliphatic hydroxyl groups is 1. The predicted molar refractivity (Wildman–Crippen MR) is 92.8 cm³/mol. The number of ether oxygens (including phenoxy) is 1. The minimum atomic E-state index is -0.488. The lowest BCUT2D eigenvalue weighted by Gasteiger charge is -2.20. The lowest BCUT2D eigenvalue weighted by Crippen LogP contribution is -3.13. The fourth-order valence-corrected chi connectivity index (χ4v) is 3.41. The molecule has 1 aromatic heterocycles. The molecule has 2 heterocycles. The van der Waals surface area contributed by atoms with Gasteiger partial charge in [0.25, 0.3) is 0 Å². The van der Waals surface area contributed by atoms with Crippen molar-refractivity contribution in [2.75, 3.05) is 26.2 Å². The smallest absolute Gasteiger partial charge is 0.336 e. The van der Waals surface area contributed by atoms with E-state index < -0.39 is 6.10 Å². The number of quaternary nitrogens is 1. The number of nitrogens with one attached hydrogen (secondary N) is 1. The van der Waals surface area contributed by atoms with E-state index in [1.807, 2.05) is 19.1 Å². The second-order valence-electron chi connectivity index (χ2n) is 6.74. The molecule has 1 atom stereocenters. The van der Waals surface area contributed by atoms with Crippen molar-refractivity contribution in [1.82, 2.24) is 0 Å². The second kappa shape index (κ2) is 7.81. The molecule has 2 N–H and O–H groups in total. The summed E-state index contributed by atoms with van der Waals surface area (Å²) in [4.78, 5) is 12.9. The van der Waals surface area contributed by atoms with Crippen molar-refractivity contribution in [1.29, 1.82) is 0 Å². The molecule has 3 rings (SSSR count). The van der Waals surface area contributed by atoms with Gasteiger partial charge in [-0.25, -0.2) is 4.79 Å². The van der Waals surface area contributed by atoms with E-state index in [0.717, 1.165) is 30.6 Å². The summed E-state index contributed by atoms with van der Waals surface area (Å²) in [5.41, 5.74) is 1.05. The van der Waals surface area contributed by atoms with Crippen LogP contribution >= 0.6 is 0 Å². The summed E-state index contributed by atoms with van der Waals surface area (Å²) in [5.74, 6) is 0.612. The Bertz CT molecular complexity index is 732. The zero-order valence-corrected chi connectivity index (χ0v) is 14.2. The molecule has 130 valence electrons. The Morgan fingerprint density at radius 2 is 1.96 bits per heavy atom. The third-order valence-corrected chi connectivity index (χ3v) is 4.70. The molecule has 0 unspecified atom stereocenters. The maximum Gasteiger partial charge on any atom is 0.336 e. The molecule has 0 spiro atoms. The van der Waals surface area contributed by atoms with Gasteiger partial charge in [0, 0.05) is 17.5 Å². The molecule has 1 aliphatic rings. The molecule has 2 aromatic rings. The van der Waals surface area contributed by atoms with E-state index in [-0.39, 0.29) is 12.2 Å². The van der Waals surface area contributed by atoms with Crippen molar-refractivity contribution in [3.8, 4) is 5.75 Å². The zero-order valence-electron chi connectivity index (χ0n) is 14.2. The average Bonchev–Trinajstić information content (AvgIpc) is 2.81. The molecule has 1 aliphatic heterocycles. The second-order valence-corrected chi connectivity index (χ2v) is 6.74. The van der Waals surface area contributed by atoms with Gasteiger partial charge in [-0.05, 0) is 50.3 Å². The van der Waals surface area contributed by atoms with Gasteiger partial charge in [0.1, 0.15) is 30.6 Å². The minimum Gasteiger partial charge on any atom is -0.491 e. The Morgan fingerprint density at radius 1 is 1.21 bits per heavy atom. The molecule has 0 saturated carbocycles. The van der Waals surface area contributed by atoms with Crippen molar-refractivity contribution in [2.24, 2.45) is 0 Å². The van der Waals surface area contributed by atoms with Crippen LogP contribution in [0.3, 0.4) is 0 Å². The quantitative estimate of drug-likeness (QED) is 0.810. The van der Waals surface area contributed by atoms with Crippen LogP contribution in [0, 0.1) is 6.92 Å². The predicted octanol–water partition coefficient (Wildman–Crippen LogP) is 1.30. The average molecular weight is 332 g/mol. The number of aliphatic hydroxyl groups excluding tert-OH is 1. The summed E-state index contributed by atoms with van der Waals surface area (Å²) in [6.07, 6.45) is 4.60. The summed E-state index contributed by atoms with van der Waals surface area (Å²) in [6, 6.07) is 6.93. The van der Waals surface area contributed by atoms with Gasteiger partial charge in [0.15, 0.2) is 0 Å². The summed E-state index contributed by atoms with van der Waals surface area (Å²) in [5, 5.41) is 11.1. The first-order chi connectivity index (χ1) is 11.6. The topological polar surface area (TPSA) is 64.1 Å². The van der Waals surface area contributed by atoms with Gasteiger partial charge in [-0.3, -0.25) is 0 Å². The third kappa shape index (κ3) is 4.36. The Morgan fingerprint density at radius 3 is 2.71 bits per heavy atom. The SMILES string of the molecule is Cc1cc(=O)oc2cc(OC[C@H](O)C[NH+]3CCCCCC3)ccc12. The monoisotopic (exact) mass is 332 g/mol. The van der Waals surface area contributed by atoms with E-state index in [0.29, 0.717) is 11.3 Å². The molecule has 0 radical (unpaired) electrons. The molecule has 5 nitrogen and oxygen atoms in total. The van der Waals surface area contributed by atoms with Crippen molar-refractivity contribution in [3.63, 3.8) is 0 Å². The van der Waals surface area contributed by atoms with Crippen molar-refractivity contribution in [3.05, 3.63) is 40.2 Å². The highest BCUT2D eigenvalue weighted by molar-refractivity contribution is 5.81. The first-order valence-electron chi connectivity index (χ1n) is 8.81. The van der Waals surface area contributed by atoms with Crippen LogP contribution in [-0.4, -0.2) is 37.5 Å². The van der Waals surface area contributed by atoms with Gasteiger partial charge in [-0.1, -0.05) is 0 Å². The molecule has 0 aliphatic carbocycles. The largest absolute Gasteiger partial charge is 0.491 e. The van der Waals surface area contributed by atoms with E-state index >= 15 is 0 Å². The maximum atomic E-state index is 11.5. The van der Waals surface area contributed by atoms with Crippen LogP contribution in [0.15, 0.2) is 33.5 Å². The van der Waals surface area contributed by atoms with Crippen LogP contribution in [-0.2, 0) is 0 Å². The van der Waals surface area contributed by atoms with Crippen LogP contribution in [0.4, 0.5) is 0 Å². The molecule has 1 aromatic carbocycles. The molecule has 5 heteroatoms. The number of aryl methyl sites for hydroxylation is 1. The molecular weight excluding hydrogens is 306 g/mol. The highest BCUT2D eigenvalue weighted by Crippen LogP contribution is 2.22. The number of likely N-dealkylation sites (tertiary alicyclic amines) is 1. The van der Waals surface area contributed by atoms with Gasteiger partial charge in [-0.2, -0.15) is 0 Å². The standard InChI is InChI=1S/C19H25NO4/c1-14-10-19(22)24-18-11-16(6-7-17(14)18)23-13-15(21)12-20-8-4-2-3-5-9-20/h6-7,10-11,15,21H,2-5,8-9,12-13H2,1H3/p+1/t15-/m1/s1. The number of hydrogen-bond acceptors (Lipinski definition) is 4. The van der Waals surface area contributed by atoms with Gasteiger partial charge >= 0.3 is 5.63 Å². The molecule has 0 amide bonds. The Hall–Kier alpha value is -1.85. The molecule has 1 saturated heterocycles. The van der Waals surface area contributed by atoms with Crippen LogP contribution in [0.1, 0.15) is 31.2 Å². The lowest BCUT2D eigenvalue weighted by atomic mass is 10.1. The highest BCUT2D eigenvalue weighted by Gasteiger charge is 2.17.